The smallest absolute Gasteiger partial charge is 0.361 e. The lowest BCUT2D eigenvalue weighted by Gasteiger charge is -2.10. The van der Waals surface area contributed by atoms with Crippen LogP contribution in [0.1, 0.15) is 17.4 Å². The van der Waals surface area contributed by atoms with Crippen molar-refractivity contribution < 1.29 is 24.1 Å². The summed E-state index contributed by atoms with van der Waals surface area (Å²) < 4.78 is 15.1. The molecule has 21 heavy (non-hydrogen) atoms. The van der Waals surface area contributed by atoms with E-state index in [1.165, 1.54) is 26.4 Å². The summed E-state index contributed by atoms with van der Waals surface area (Å²) in [7, 11) is 2.89. The molecular formula is C13H15N3O5. The molecule has 0 atom stereocenters. The number of rotatable bonds is 5. The van der Waals surface area contributed by atoms with E-state index in [-0.39, 0.29) is 35.1 Å². The van der Waals surface area contributed by atoms with Gasteiger partial charge in [0.25, 0.3) is 0 Å². The molecule has 2 N–H and O–H groups in total. The van der Waals surface area contributed by atoms with Gasteiger partial charge in [0, 0.05) is 6.07 Å². The molecule has 0 saturated heterocycles. The Labute approximate surface area is 120 Å². The van der Waals surface area contributed by atoms with Crippen LogP contribution in [0.2, 0.25) is 0 Å². The van der Waals surface area contributed by atoms with E-state index in [9.17, 15) is 9.90 Å². The standard InChI is InChI=1S/C13H15N3O5/c1-4-21-13(18)11-10(14-16-15-11)8-5-7(19-2)6-9(20-3)12(8)17/h5-6,17H,4H2,1-3H3,(H,14,15,16). The Hall–Kier alpha value is -2.77. The number of esters is 1. The maximum atomic E-state index is 11.8. The maximum absolute atomic E-state index is 11.8. The number of carbonyl (C=O) groups excluding carboxylic acids is 1. The van der Waals surface area contributed by atoms with Crippen molar-refractivity contribution in [3.63, 3.8) is 0 Å². The second-order valence-electron chi connectivity index (χ2n) is 3.97. The number of aromatic hydroxyl groups is 1. The van der Waals surface area contributed by atoms with Gasteiger partial charge in [0.05, 0.1) is 26.4 Å². The number of carbonyl (C=O) groups is 1. The number of methoxy groups -OCH3 is 2. The Morgan fingerprint density at radius 3 is 2.67 bits per heavy atom. The first-order chi connectivity index (χ1) is 10.1. The Balaban J connectivity index is 2.57. The third-order valence-electron chi connectivity index (χ3n) is 2.78. The second kappa shape index (κ2) is 6.12. The lowest BCUT2D eigenvalue weighted by molar-refractivity contribution is 0.0520. The molecule has 0 aliphatic heterocycles. The van der Waals surface area contributed by atoms with Crippen molar-refractivity contribution in [2.45, 2.75) is 6.92 Å². The summed E-state index contributed by atoms with van der Waals surface area (Å²) in [5.41, 5.74) is 0.383. The number of phenolic OH excluding ortho intramolecular Hbond substituents is 1. The van der Waals surface area contributed by atoms with Gasteiger partial charge in [0.1, 0.15) is 11.4 Å². The van der Waals surface area contributed by atoms with Gasteiger partial charge in [0.15, 0.2) is 17.2 Å². The first kappa shape index (κ1) is 14.6. The highest BCUT2D eigenvalue weighted by Gasteiger charge is 2.23. The summed E-state index contributed by atoms with van der Waals surface area (Å²) in [5, 5.41) is 20.2. The number of aromatic nitrogens is 3. The van der Waals surface area contributed by atoms with E-state index in [1.54, 1.807) is 6.92 Å². The van der Waals surface area contributed by atoms with Gasteiger partial charge in [-0.05, 0) is 13.0 Å². The molecule has 0 aliphatic rings. The van der Waals surface area contributed by atoms with Crippen LogP contribution in [0.5, 0.6) is 17.2 Å². The van der Waals surface area contributed by atoms with Crippen LogP contribution in [-0.4, -0.2) is 47.3 Å². The van der Waals surface area contributed by atoms with E-state index < -0.39 is 5.97 Å². The third-order valence-corrected chi connectivity index (χ3v) is 2.78. The van der Waals surface area contributed by atoms with Crippen LogP contribution in [0.25, 0.3) is 11.3 Å². The zero-order chi connectivity index (χ0) is 15.4. The average molecular weight is 293 g/mol. The molecule has 0 saturated carbocycles. The topological polar surface area (TPSA) is 107 Å². The SMILES string of the molecule is CCOC(=O)c1n[nH]nc1-c1cc(OC)cc(OC)c1O. The fourth-order valence-corrected chi connectivity index (χ4v) is 1.80. The average Bonchev–Trinajstić information content (AvgIpc) is 2.97. The van der Waals surface area contributed by atoms with Crippen LogP contribution in [0.3, 0.4) is 0 Å². The van der Waals surface area contributed by atoms with Crippen molar-refractivity contribution in [2.75, 3.05) is 20.8 Å². The van der Waals surface area contributed by atoms with Crippen LogP contribution >= 0.6 is 0 Å². The zero-order valence-electron chi connectivity index (χ0n) is 11.8. The number of aromatic amines is 1. The molecule has 2 rings (SSSR count). The largest absolute Gasteiger partial charge is 0.504 e. The van der Waals surface area contributed by atoms with Crippen molar-refractivity contribution >= 4 is 5.97 Å². The van der Waals surface area contributed by atoms with Gasteiger partial charge < -0.3 is 19.3 Å². The molecule has 0 unspecified atom stereocenters. The lowest BCUT2D eigenvalue weighted by Crippen LogP contribution is -2.07. The minimum atomic E-state index is -0.637. The highest BCUT2D eigenvalue weighted by atomic mass is 16.5. The van der Waals surface area contributed by atoms with Crippen molar-refractivity contribution in [3.05, 3.63) is 17.8 Å². The number of benzene rings is 1. The summed E-state index contributed by atoms with van der Waals surface area (Å²) in [6.07, 6.45) is 0. The van der Waals surface area contributed by atoms with Crippen LogP contribution in [-0.2, 0) is 4.74 Å². The van der Waals surface area contributed by atoms with E-state index in [1.807, 2.05) is 0 Å². The minimum absolute atomic E-state index is 0.0255. The van der Waals surface area contributed by atoms with Crippen molar-refractivity contribution in [2.24, 2.45) is 0 Å². The quantitative estimate of drug-likeness (QED) is 0.802. The Kier molecular flexibility index (Phi) is 4.27. The fraction of sp³-hybridized carbons (Fsp3) is 0.308. The summed E-state index contributed by atoms with van der Waals surface area (Å²) in [4.78, 5) is 11.8. The summed E-state index contributed by atoms with van der Waals surface area (Å²) in [6.45, 7) is 1.89. The van der Waals surface area contributed by atoms with Crippen LogP contribution in [0, 0.1) is 0 Å². The van der Waals surface area contributed by atoms with E-state index in [2.05, 4.69) is 15.4 Å². The molecule has 0 spiro atoms. The predicted molar refractivity (Wildman–Crippen MR) is 72.5 cm³/mol. The molecule has 2 aromatic rings. The predicted octanol–water partition coefficient (Wildman–Crippen LogP) is 1.37. The van der Waals surface area contributed by atoms with Crippen molar-refractivity contribution in [3.8, 4) is 28.5 Å². The summed E-state index contributed by atoms with van der Waals surface area (Å²) >= 11 is 0. The van der Waals surface area contributed by atoms with Crippen LogP contribution in [0.15, 0.2) is 12.1 Å². The molecular weight excluding hydrogens is 278 g/mol. The zero-order valence-corrected chi connectivity index (χ0v) is 11.8. The maximum Gasteiger partial charge on any atom is 0.361 e. The second-order valence-corrected chi connectivity index (χ2v) is 3.97. The van der Waals surface area contributed by atoms with Crippen LogP contribution in [0.4, 0.5) is 0 Å². The Bertz CT molecular complexity index is 653. The monoisotopic (exact) mass is 293 g/mol. The molecule has 0 bridgehead atoms. The van der Waals surface area contributed by atoms with Gasteiger partial charge in [-0.1, -0.05) is 0 Å². The van der Waals surface area contributed by atoms with Crippen molar-refractivity contribution in [1.82, 2.24) is 15.4 Å². The van der Waals surface area contributed by atoms with Gasteiger partial charge >= 0.3 is 5.97 Å². The molecule has 0 aliphatic carbocycles. The van der Waals surface area contributed by atoms with Crippen LogP contribution < -0.4 is 9.47 Å². The number of H-pyrrole nitrogens is 1. The van der Waals surface area contributed by atoms with Gasteiger partial charge in [0.2, 0.25) is 0 Å². The molecule has 8 heteroatoms. The van der Waals surface area contributed by atoms with E-state index in [0.29, 0.717) is 5.75 Å². The molecule has 0 fully saturated rings. The Morgan fingerprint density at radius 1 is 1.29 bits per heavy atom. The van der Waals surface area contributed by atoms with Gasteiger partial charge in [-0.3, -0.25) is 0 Å². The third kappa shape index (κ3) is 2.73. The molecule has 1 aromatic heterocycles. The highest BCUT2D eigenvalue weighted by Crippen LogP contribution is 2.40. The number of ether oxygens (including phenoxy) is 3. The number of hydrogen-bond donors (Lipinski definition) is 2. The van der Waals surface area contributed by atoms with Gasteiger partial charge in [-0.2, -0.15) is 10.3 Å². The van der Waals surface area contributed by atoms with E-state index in [4.69, 9.17) is 14.2 Å². The highest BCUT2D eigenvalue weighted by molar-refractivity contribution is 5.95. The lowest BCUT2D eigenvalue weighted by atomic mass is 10.1. The molecule has 112 valence electrons. The number of hydrogen-bond acceptors (Lipinski definition) is 7. The van der Waals surface area contributed by atoms with Crippen molar-refractivity contribution in [1.29, 1.82) is 0 Å². The molecule has 8 nitrogen and oxygen atoms in total. The van der Waals surface area contributed by atoms with E-state index >= 15 is 0 Å². The molecule has 0 radical (unpaired) electrons. The molecule has 1 aromatic carbocycles. The normalized spacial score (nSPS) is 10.2. The fourth-order valence-electron chi connectivity index (χ4n) is 1.80. The first-order valence-corrected chi connectivity index (χ1v) is 6.15. The summed E-state index contributed by atoms with van der Waals surface area (Å²) in [5.74, 6) is -0.167. The molecule has 1 heterocycles. The number of phenols is 1. The Morgan fingerprint density at radius 2 is 2.05 bits per heavy atom. The summed E-state index contributed by atoms with van der Waals surface area (Å²) in [6, 6.07) is 3.04. The first-order valence-electron chi connectivity index (χ1n) is 6.15. The van der Waals surface area contributed by atoms with Gasteiger partial charge in [-0.25, -0.2) is 4.79 Å². The number of nitrogens with one attached hydrogen (secondary N) is 1. The minimum Gasteiger partial charge on any atom is -0.504 e. The van der Waals surface area contributed by atoms with E-state index in [0.717, 1.165) is 0 Å². The number of nitrogens with zero attached hydrogens (tertiary/aromatic N) is 2. The van der Waals surface area contributed by atoms with Gasteiger partial charge in [-0.15, -0.1) is 5.10 Å². The molecule has 0 amide bonds.